The van der Waals surface area contributed by atoms with Crippen LogP contribution in [-0.2, 0) is 6.54 Å². The largest absolute Gasteiger partial charge is 0.379 e. The summed E-state index contributed by atoms with van der Waals surface area (Å²) in [5, 5.41) is 5.75. The maximum Gasteiger partial charge on any atom is 0.316 e. The van der Waals surface area contributed by atoms with Crippen LogP contribution in [0.15, 0.2) is 47.1 Å². The van der Waals surface area contributed by atoms with Gasteiger partial charge in [0, 0.05) is 11.4 Å². The van der Waals surface area contributed by atoms with Crippen LogP contribution in [0.2, 0.25) is 0 Å². The van der Waals surface area contributed by atoms with Gasteiger partial charge >= 0.3 is 6.03 Å². The molecule has 4 N–H and O–H groups in total. The van der Waals surface area contributed by atoms with Gasteiger partial charge in [-0.3, -0.25) is 0 Å². The molecule has 0 saturated carbocycles. The quantitative estimate of drug-likeness (QED) is 0.758. The van der Waals surface area contributed by atoms with Gasteiger partial charge in [0.2, 0.25) is 0 Å². The van der Waals surface area contributed by atoms with Crippen molar-refractivity contribution in [1.82, 2.24) is 4.98 Å². The van der Waals surface area contributed by atoms with Crippen LogP contribution in [0, 0.1) is 0 Å². The van der Waals surface area contributed by atoms with E-state index in [2.05, 4.69) is 31.5 Å². The van der Waals surface area contributed by atoms with Gasteiger partial charge < -0.3 is 16.4 Å². The Morgan fingerprint density at radius 1 is 1.16 bits per heavy atom. The number of aromatic nitrogens is 1. The van der Waals surface area contributed by atoms with E-state index in [4.69, 9.17) is 5.73 Å². The second kappa shape index (κ2) is 6.19. The van der Waals surface area contributed by atoms with Crippen LogP contribution >= 0.6 is 15.9 Å². The van der Waals surface area contributed by atoms with E-state index in [-0.39, 0.29) is 0 Å². The smallest absolute Gasteiger partial charge is 0.316 e. The van der Waals surface area contributed by atoms with Crippen molar-refractivity contribution < 1.29 is 4.79 Å². The second-order valence-electron chi connectivity index (χ2n) is 3.87. The summed E-state index contributed by atoms with van der Waals surface area (Å²) in [6.45, 7) is 0.627. The van der Waals surface area contributed by atoms with E-state index in [1.165, 1.54) is 0 Å². The normalized spacial score (nSPS) is 9.95. The van der Waals surface area contributed by atoms with E-state index < -0.39 is 6.03 Å². The summed E-state index contributed by atoms with van der Waals surface area (Å²) in [5.74, 6) is 0. The van der Waals surface area contributed by atoms with Gasteiger partial charge in [0.05, 0.1) is 12.2 Å². The maximum absolute atomic E-state index is 10.7. The van der Waals surface area contributed by atoms with E-state index in [1.54, 1.807) is 12.1 Å². The number of hydrogen-bond donors (Lipinski definition) is 3. The Labute approximate surface area is 119 Å². The summed E-state index contributed by atoms with van der Waals surface area (Å²) in [6.07, 6.45) is 0. The number of nitrogens with zero attached hydrogens (tertiary/aromatic N) is 1. The number of nitrogens with one attached hydrogen (secondary N) is 2. The molecule has 0 aliphatic rings. The van der Waals surface area contributed by atoms with Gasteiger partial charge in [-0.05, 0) is 52.3 Å². The summed E-state index contributed by atoms with van der Waals surface area (Å²) in [5.41, 5.74) is 7.58. The number of carbonyl (C=O) groups excluding carboxylic acids is 1. The molecule has 0 atom stereocenters. The van der Waals surface area contributed by atoms with Gasteiger partial charge in [-0.1, -0.05) is 6.07 Å². The Kier molecular flexibility index (Phi) is 4.35. The third-order valence-electron chi connectivity index (χ3n) is 2.40. The highest BCUT2D eigenvalue weighted by Gasteiger charge is 1.98. The van der Waals surface area contributed by atoms with Gasteiger partial charge in [-0.2, -0.15) is 0 Å². The molecule has 1 heterocycles. The molecule has 1 aromatic carbocycles. The molecule has 6 heteroatoms. The predicted molar refractivity (Wildman–Crippen MR) is 78.9 cm³/mol. The summed E-state index contributed by atoms with van der Waals surface area (Å²) in [4.78, 5) is 15.0. The lowest BCUT2D eigenvalue weighted by atomic mass is 10.2. The van der Waals surface area contributed by atoms with Crippen molar-refractivity contribution >= 4 is 33.3 Å². The molecule has 0 unspecified atom stereocenters. The highest BCUT2D eigenvalue weighted by Crippen LogP contribution is 2.14. The molecule has 2 aromatic rings. The van der Waals surface area contributed by atoms with Crippen molar-refractivity contribution in [3.8, 4) is 0 Å². The average Bonchev–Trinajstić information content (AvgIpc) is 2.37. The molecule has 5 nitrogen and oxygen atoms in total. The van der Waals surface area contributed by atoms with Gasteiger partial charge in [0.25, 0.3) is 0 Å². The van der Waals surface area contributed by atoms with Crippen LogP contribution in [0.4, 0.5) is 16.2 Å². The number of nitrogens with two attached hydrogens (primary N) is 1. The van der Waals surface area contributed by atoms with Gasteiger partial charge in [0.1, 0.15) is 4.60 Å². The zero-order chi connectivity index (χ0) is 13.7. The van der Waals surface area contributed by atoms with Crippen molar-refractivity contribution in [3.63, 3.8) is 0 Å². The fourth-order valence-electron chi connectivity index (χ4n) is 1.56. The molecule has 98 valence electrons. The lowest BCUT2D eigenvalue weighted by Gasteiger charge is -2.07. The number of carbonyl (C=O) groups is 1. The minimum atomic E-state index is -0.570. The summed E-state index contributed by atoms with van der Waals surface area (Å²) in [7, 11) is 0. The first-order chi connectivity index (χ1) is 9.13. The number of halogens is 1. The molecule has 19 heavy (non-hydrogen) atoms. The highest BCUT2D eigenvalue weighted by atomic mass is 79.9. The number of urea groups is 1. The van der Waals surface area contributed by atoms with Gasteiger partial charge in [-0.15, -0.1) is 0 Å². The zero-order valence-electron chi connectivity index (χ0n) is 10.1. The van der Waals surface area contributed by atoms with E-state index in [0.717, 1.165) is 16.0 Å². The number of benzene rings is 1. The Bertz CT molecular complexity index is 571. The molecule has 0 radical (unpaired) electrons. The minimum Gasteiger partial charge on any atom is -0.379 e. The summed E-state index contributed by atoms with van der Waals surface area (Å²) >= 11 is 3.33. The van der Waals surface area contributed by atoms with Crippen LogP contribution in [0.5, 0.6) is 0 Å². The third-order valence-corrected chi connectivity index (χ3v) is 2.84. The van der Waals surface area contributed by atoms with Crippen LogP contribution in [0.25, 0.3) is 0 Å². The van der Waals surface area contributed by atoms with Crippen molar-refractivity contribution in [3.05, 3.63) is 52.8 Å². The Balaban J connectivity index is 1.94. The lowest BCUT2D eigenvalue weighted by Crippen LogP contribution is -2.19. The number of hydrogen-bond acceptors (Lipinski definition) is 3. The molecule has 2 rings (SSSR count). The lowest BCUT2D eigenvalue weighted by molar-refractivity contribution is 0.259. The van der Waals surface area contributed by atoms with E-state index in [0.29, 0.717) is 12.2 Å². The first-order valence-electron chi connectivity index (χ1n) is 5.65. The van der Waals surface area contributed by atoms with Crippen molar-refractivity contribution in [2.45, 2.75) is 6.54 Å². The first kappa shape index (κ1) is 13.4. The number of rotatable bonds is 4. The van der Waals surface area contributed by atoms with Crippen molar-refractivity contribution in [2.24, 2.45) is 5.73 Å². The van der Waals surface area contributed by atoms with E-state index in [9.17, 15) is 4.79 Å². The molecule has 1 aromatic heterocycles. The third kappa shape index (κ3) is 4.26. The molecule has 0 aliphatic carbocycles. The zero-order valence-corrected chi connectivity index (χ0v) is 11.6. The van der Waals surface area contributed by atoms with Crippen LogP contribution in [0.3, 0.4) is 0 Å². The summed E-state index contributed by atoms with van der Waals surface area (Å²) < 4.78 is 0.813. The topological polar surface area (TPSA) is 80.0 Å². The fraction of sp³-hybridized carbons (Fsp3) is 0.0769. The molecular weight excluding hydrogens is 308 g/mol. The first-order valence-corrected chi connectivity index (χ1v) is 6.44. The second-order valence-corrected chi connectivity index (χ2v) is 4.68. The highest BCUT2D eigenvalue weighted by molar-refractivity contribution is 9.10. The Hall–Kier alpha value is -2.08. The SMILES string of the molecule is NC(=O)Nc1ccc(NCc2cccc(Br)n2)cc1. The molecule has 2 amide bonds. The molecular formula is C13H13BrN4O. The molecule has 0 fully saturated rings. The molecule has 0 bridgehead atoms. The monoisotopic (exact) mass is 320 g/mol. The predicted octanol–water partition coefficient (Wildman–Crippen LogP) is 2.95. The fourth-order valence-corrected chi connectivity index (χ4v) is 1.94. The van der Waals surface area contributed by atoms with E-state index in [1.807, 2.05) is 30.3 Å². The number of amides is 2. The molecule has 0 aliphatic heterocycles. The summed E-state index contributed by atoms with van der Waals surface area (Å²) in [6, 6.07) is 12.5. The molecule has 0 saturated heterocycles. The van der Waals surface area contributed by atoms with Gasteiger partial charge in [0.15, 0.2) is 0 Å². The number of primary amides is 1. The Morgan fingerprint density at radius 2 is 1.84 bits per heavy atom. The van der Waals surface area contributed by atoms with Crippen LogP contribution in [-0.4, -0.2) is 11.0 Å². The molecule has 0 spiro atoms. The standard InChI is InChI=1S/C13H13BrN4O/c14-12-3-1-2-11(17-12)8-16-9-4-6-10(7-5-9)18-13(15)19/h1-7,16H,8H2,(H3,15,18,19). The minimum absolute atomic E-state index is 0.570. The van der Waals surface area contributed by atoms with Gasteiger partial charge in [-0.25, -0.2) is 9.78 Å². The van der Waals surface area contributed by atoms with Crippen LogP contribution < -0.4 is 16.4 Å². The van der Waals surface area contributed by atoms with Crippen molar-refractivity contribution in [2.75, 3.05) is 10.6 Å². The number of anilines is 2. The van der Waals surface area contributed by atoms with E-state index >= 15 is 0 Å². The number of pyridine rings is 1. The average molecular weight is 321 g/mol. The Morgan fingerprint density at radius 3 is 2.47 bits per heavy atom. The maximum atomic E-state index is 10.7. The van der Waals surface area contributed by atoms with Crippen LogP contribution in [0.1, 0.15) is 5.69 Å². The van der Waals surface area contributed by atoms with Crippen molar-refractivity contribution in [1.29, 1.82) is 0 Å².